The number of carbonyl (C=O) groups is 1. The molecule has 170 valence electrons. The highest BCUT2D eigenvalue weighted by molar-refractivity contribution is 7.12. The summed E-state index contributed by atoms with van der Waals surface area (Å²) in [5.41, 5.74) is 4.01. The molecule has 0 unspecified atom stereocenters. The van der Waals surface area contributed by atoms with E-state index in [1.807, 2.05) is 32.0 Å². The molecule has 33 heavy (non-hydrogen) atoms. The first-order valence-electron chi connectivity index (χ1n) is 10.2. The van der Waals surface area contributed by atoms with Crippen molar-refractivity contribution in [3.63, 3.8) is 0 Å². The van der Waals surface area contributed by atoms with Crippen LogP contribution in [0.4, 0.5) is 18.9 Å². The number of alkyl halides is 3. The number of amides is 1. The first kappa shape index (κ1) is 22.7. The molecule has 0 bridgehead atoms. The van der Waals surface area contributed by atoms with Gasteiger partial charge in [0.1, 0.15) is 0 Å². The molecule has 0 atom stereocenters. The largest absolute Gasteiger partial charge is 0.416 e. The number of hydrogen-bond acceptors (Lipinski definition) is 4. The van der Waals surface area contributed by atoms with Crippen LogP contribution in [-0.4, -0.2) is 20.7 Å². The lowest BCUT2D eigenvalue weighted by Crippen LogP contribution is -2.15. The molecule has 0 aliphatic carbocycles. The van der Waals surface area contributed by atoms with Crippen molar-refractivity contribution < 1.29 is 18.0 Å². The second kappa shape index (κ2) is 9.19. The molecule has 5 nitrogen and oxygen atoms in total. The Bertz CT molecular complexity index is 1280. The summed E-state index contributed by atoms with van der Waals surface area (Å²) >= 11 is 1.36. The maximum absolute atomic E-state index is 12.9. The number of hydrogen-bond donors (Lipinski definition) is 1. The topological polar surface area (TPSA) is 59.8 Å². The molecule has 0 saturated carbocycles. The first-order chi connectivity index (χ1) is 15.7. The molecular weight excluding hydrogens is 449 g/mol. The highest BCUT2D eigenvalue weighted by atomic mass is 32.1. The fraction of sp³-hybridized carbons (Fsp3) is 0.208. The molecule has 0 saturated heterocycles. The van der Waals surface area contributed by atoms with Crippen molar-refractivity contribution in [1.82, 2.24) is 14.8 Å². The number of halogens is 3. The van der Waals surface area contributed by atoms with Crippen LogP contribution >= 0.6 is 11.3 Å². The molecule has 1 N–H and O–H groups in total. The van der Waals surface area contributed by atoms with Gasteiger partial charge < -0.3 is 5.32 Å². The Morgan fingerprint density at radius 3 is 2.58 bits per heavy atom. The third-order valence-corrected chi connectivity index (χ3v) is 6.07. The fourth-order valence-electron chi connectivity index (χ4n) is 3.53. The molecule has 0 aliphatic heterocycles. The van der Waals surface area contributed by atoms with Crippen LogP contribution in [0.1, 0.15) is 33.8 Å². The Morgan fingerprint density at radius 2 is 1.85 bits per heavy atom. The maximum atomic E-state index is 12.9. The van der Waals surface area contributed by atoms with E-state index in [-0.39, 0.29) is 12.1 Å². The quantitative estimate of drug-likeness (QED) is 0.391. The number of nitrogens with one attached hydrogen (secondary N) is 1. The van der Waals surface area contributed by atoms with Gasteiger partial charge in [-0.3, -0.25) is 4.79 Å². The van der Waals surface area contributed by atoms with Crippen LogP contribution in [0, 0.1) is 13.8 Å². The third kappa shape index (κ3) is 5.31. The lowest BCUT2D eigenvalue weighted by molar-refractivity contribution is -0.137. The normalized spacial score (nSPS) is 11.5. The van der Waals surface area contributed by atoms with Gasteiger partial charge in [0.25, 0.3) is 0 Å². The zero-order chi connectivity index (χ0) is 23.6. The number of nitrogens with zero attached hydrogens (tertiary/aromatic N) is 3. The number of aromatic nitrogens is 3. The molecule has 0 radical (unpaired) electrons. The highest BCUT2D eigenvalue weighted by Gasteiger charge is 2.30. The van der Waals surface area contributed by atoms with Crippen LogP contribution < -0.4 is 5.32 Å². The summed E-state index contributed by atoms with van der Waals surface area (Å²) in [7, 11) is 0. The van der Waals surface area contributed by atoms with Crippen molar-refractivity contribution in [2.45, 2.75) is 32.9 Å². The van der Waals surface area contributed by atoms with Crippen molar-refractivity contribution in [2.75, 3.05) is 5.32 Å². The SMILES string of the molecule is Cc1nn(-c2nc(CC(=O)Nc3cccc(C(F)(F)F)c3)cs2)c(C)c1Cc1ccccc1. The lowest BCUT2D eigenvalue weighted by atomic mass is 10.0. The Labute approximate surface area is 192 Å². The molecule has 2 aromatic heterocycles. The van der Waals surface area contributed by atoms with Gasteiger partial charge in [0.15, 0.2) is 0 Å². The van der Waals surface area contributed by atoms with E-state index >= 15 is 0 Å². The lowest BCUT2D eigenvalue weighted by Gasteiger charge is -2.09. The predicted octanol–water partition coefficient (Wildman–Crippen LogP) is 5.74. The number of carbonyl (C=O) groups excluding carboxylic acids is 1. The van der Waals surface area contributed by atoms with Gasteiger partial charge >= 0.3 is 6.18 Å². The van der Waals surface area contributed by atoms with E-state index in [2.05, 4.69) is 27.5 Å². The first-order valence-corrected chi connectivity index (χ1v) is 11.1. The fourth-order valence-corrected chi connectivity index (χ4v) is 4.36. The van der Waals surface area contributed by atoms with Crippen molar-refractivity contribution in [2.24, 2.45) is 0 Å². The average Bonchev–Trinajstić information content (AvgIpc) is 3.33. The monoisotopic (exact) mass is 470 g/mol. The Hall–Kier alpha value is -3.46. The van der Waals surface area contributed by atoms with Gasteiger partial charge in [0, 0.05) is 28.7 Å². The summed E-state index contributed by atoms with van der Waals surface area (Å²) in [5.74, 6) is -0.440. The molecule has 1 amide bonds. The van der Waals surface area contributed by atoms with E-state index in [9.17, 15) is 18.0 Å². The summed E-state index contributed by atoms with van der Waals surface area (Å²) in [4.78, 5) is 16.9. The minimum atomic E-state index is -4.47. The Balaban J connectivity index is 1.46. The van der Waals surface area contributed by atoms with E-state index in [0.717, 1.165) is 35.5 Å². The molecule has 9 heteroatoms. The summed E-state index contributed by atoms with van der Waals surface area (Å²) in [6, 6.07) is 14.7. The molecule has 0 fully saturated rings. The summed E-state index contributed by atoms with van der Waals surface area (Å²) in [6.45, 7) is 3.94. The van der Waals surface area contributed by atoms with E-state index in [1.165, 1.54) is 29.0 Å². The summed E-state index contributed by atoms with van der Waals surface area (Å²) < 4.78 is 40.4. The highest BCUT2D eigenvalue weighted by Crippen LogP contribution is 2.30. The van der Waals surface area contributed by atoms with Crippen LogP contribution in [0.5, 0.6) is 0 Å². The molecule has 0 spiro atoms. The Kier molecular flexibility index (Phi) is 6.33. The van der Waals surface area contributed by atoms with E-state index in [1.54, 1.807) is 10.1 Å². The number of benzene rings is 2. The molecule has 2 heterocycles. The van der Waals surface area contributed by atoms with Crippen LogP contribution in [0.2, 0.25) is 0 Å². The zero-order valence-corrected chi connectivity index (χ0v) is 18.8. The third-order valence-electron chi connectivity index (χ3n) is 5.20. The maximum Gasteiger partial charge on any atom is 0.416 e. The van der Waals surface area contributed by atoms with E-state index in [0.29, 0.717) is 10.8 Å². The predicted molar refractivity (Wildman–Crippen MR) is 122 cm³/mol. The van der Waals surface area contributed by atoms with Gasteiger partial charge in [-0.1, -0.05) is 36.4 Å². The zero-order valence-electron chi connectivity index (χ0n) is 18.0. The Morgan fingerprint density at radius 1 is 1.09 bits per heavy atom. The van der Waals surface area contributed by atoms with Gasteiger partial charge in [-0.15, -0.1) is 11.3 Å². The van der Waals surface area contributed by atoms with Crippen LogP contribution in [0.15, 0.2) is 60.0 Å². The second-order valence-corrected chi connectivity index (χ2v) is 8.49. The number of anilines is 1. The standard InChI is InChI=1S/C24H21F3N4OS/c1-15-21(11-17-7-4-3-5-8-17)16(2)31(30-15)23-29-20(14-33-23)13-22(32)28-19-10-6-9-18(12-19)24(25,26)27/h3-10,12,14H,11,13H2,1-2H3,(H,28,32). The van der Waals surface area contributed by atoms with Gasteiger partial charge in [-0.05, 0) is 37.6 Å². The average molecular weight is 471 g/mol. The van der Waals surface area contributed by atoms with Crippen LogP contribution in [0.3, 0.4) is 0 Å². The van der Waals surface area contributed by atoms with E-state index < -0.39 is 17.6 Å². The van der Waals surface area contributed by atoms with Crippen molar-refractivity contribution in [3.8, 4) is 5.13 Å². The van der Waals surface area contributed by atoms with E-state index in [4.69, 9.17) is 0 Å². The second-order valence-electron chi connectivity index (χ2n) is 7.65. The van der Waals surface area contributed by atoms with Gasteiger partial charge in [-0.2, -0.15) is 18.3 Å². The van der Waals surface area contributed by atoms with Crippen molar-refractivity contribution in [1.29, 1.82) is 0 Å². The number of thiazole rings is 1. The molecule has 4 rings (SSSR count). The van der Waals surface area contributed by atoms with Crippen LogP contribution in [0.25, 0.3) is 5.13 Å². The number of rotatable bonds is 6. The minimum absolute atomic E-state index is 0.0527. The van der Waals surface area contributed by atoms with Gasteiger partial charge in [0.05, 0.1) is 23.4 Å². The number of aryl methyl sites for hydroxylation is 1. The van der Waals surface area contributed by atoms with Crippen molar-refractivity contribution in [3.05, 3.63) is 93.7 Å². The van der Waals surface area contributed by atoms with Gasteiger partial charge in [0.2, 0.25) is 11.0 Å². The smallest absolute Gasteiger partial charge is 0.326 e. The van der Waals surface area contributed by atoms with Gasteiger partial charge in [-0.25, -0.2) is 9.67 Å². The molecule has 2 aromatic carbocycles. The van der Waals surface area contributed by atoms with Crippen LogP contribution in [-0.2, 0) is 23.8 Å². The summed E-state index contributed by atoms with van der Waals surface area (Å²) in [5, 5.41) is 9.53. The molecule has 4 aromatic rings. The van der Waals surface area contributed by atoms with Crippen molar-refractivity contribution >= 4 is 22.9 Å². The minimum Gasteiger partial charge on any atom is -0.326 e. The summed E-state index contributed by atoms with van der Waals surface area (Å²) in [6.07, 6.45) is -3.76. The molecular formula is C24H21F3N4OS. The molecule has 0 aliphatic rings.